The van der Waals surface area contributed by atoms with Gasteiger partial charge in [-0.3, -0.25) is 14.5 Å². The van der Waals surface area contributed by atoms with E-state index in [1.54, 1.807) is 48.5 Å². The summed E-state index contributed by atoms with van der Waals surface area (Å²) >= 11 is 6.10. The molecular weight excluding hydrogens is 485 g/mol. The van der Waals surface area contributed by atoms with E-state index in [0.717, 1.165) is 5.56 Å². The fourth-order valence-corrected chi connectivity index (χ4v) is 4.26. The summed E-state index contributed by atoms with van der Waals surface area (Å²) in [5, 5.41) is 6.03. The highest BCUT2D eigenvalue weighted by atomic mass is 35.5. The minimum Gasteiger partial charge on any atom is -0.438 e. The fourth-order valence-electron chi connectivity index (χ4n) is 4.05. The fraction of sp³-hybridized carbons (Fsp3) is 0.222. The summed E-state index contributed by atoms with van der Waals surface area (Å²) in [5.41, 5.74) is 1.52. The maximum Gasteiger partial charge on any atom is 0.411 e. The van der Waals surface area contributed by atoms with Crippen LogP contribution in [0.3, 0.4) is 0 Å². The summed E-state index contributed by atoms with van der Waals surface area (Å²) in [6.45, 7) is 3.77. The molecule has 0 aliphatic carbocycles. The number of hydrogen-bond donors (Lipinski definition) is 2. The molecule has 0 radical (unpaired) electrons. The number of amides is 3. The average Bonchev–Trinajstić information content (AvgIpc) is 3.15. The van der Waals surface area contributed by atoms with Gasteiger partial charge in [-0.15, -0.1) is 0 Å². The Hall–Kier alpha value is -3.91. The molecule has 0 spiro atoms. The van der Waals surface area contributed by atoms with Crippen LogP contribution in [0, 0.1) is 5.82 Å². The zero-order valence-corrected chi connectivity index (χ0v) is 20.5. The Balaban J connectivity index is 1.62. The molecule has 0 unspecified atom stereocenters. The highest BCUT2D eigenvalue weighted by Crippen LogP contribution is 2.35. The van der Waals surface area contributed by atoms with Crippen LogP contribution in [-0.4, -0.2) is 34.9 Å². The van der Waals surface area contributed by atoms with Gasteiger partial charge in [0, 0.05) is 16.8 Å². The van der Waals surface area contributed by atoms with Gasteiger partial charge in [-0.2, -0.15) is 0 Å². The third kappa shape index (κ3) is 5.66. The number of rotatable bonds is 7. The van der Waals surface area contributed by atoms with E-state index >= 15 is 0 Å². The van der Waals surface area contributed by atoms with Crippen molar-refractivity contribution in [3.63, 3.8) is 0 Å². The standard InChI is InChI=1S/C27H25ClFN3O4/c1-16(2)30-26(34)23-24(36-27(35)32(23)15-17-7-5-9-19(28)13-17)18-8-6-10-20(14-18)31-25(33)21-11-3-4-12-22(21)29/h3-14,16,23-24H,15H2,1-2H3,(H,30,34)(H,31,33)/t23-,24-/m1/s1. The number of carbonyl (C=O) groups is 3. The molecule has 36 heavy (non-hydrogen) atoms. The van der Waals surface area contributed by atoms with Gasteiger partial charge in [-0.05, 0) is 61.4 Å². The molecule has 2 atom stereocenters. The van der Waals surface area contributed by atoms with E-state index in [4.69, 9.17) is 16.3 Å². The van der Waals surface area contributed by atoms with Crippen molar-refractivity contribution in [2.75, 3.05) is 5.32 Å². The van der Waals surface area contributed by atoms with Crippen molar-refractivity contribution in [2.45, 2.75) is 38.6 Å². The molecule has 1 aliphatic heterocycles. The van der Waals surface area contributed by atoms with E-state index in [2.05, 4.69) is 10.6 Å². The predicted octanol–water partition coefficient (Wildman–Crippen LogP) is 5.32. The van der Waals surface area contributed by atoms with Crippen molar-refractivity contribution in [1.82, 2.24) is 10.2 Å². The van der Waals surface area contributed by atoms with E-state index in [0.29, 0.717) is 16.3 Å². The minimum atomic E-state index is -0.962. The first-order chi connectivity index (χ1) is 17.2. The number of nitrogens with one attached hydrogen (secondary N) is 2. The molecule has 4 rings (SSSR count). The number of hydrogen-bond acceptors (Lipinski definition) is 4. The molecule has 1 aliphatic rings. The van der Waals surface area contributed by atoms with Gasteiger partial charge in [0.15, 0.2) is 12.1 Å². The first kappa shape index (κ1) is 25.2. The summed E-state index contributed by atoms with van der Waals surface area (Å²) < 4.78 is 19.7. The van der Waals surface area contributed by atoms with Gasteiger partial charge in [0.25, 0.3) is 5.91 Å². The third-order valence-electron chi connectivity index (χ3n) is 5.62. The van der Waals surface area contributed by atoms with E-state index in [-0.39, 0.29) is 24.1 Å². The number of nitrogens with zero attached hydrogens (tertiary/aromatic N) is 1. The van der Waals surface area contributed by atoms with Crippen molar-refractivity contribution in [1.29, 1.82) is 0 Å². The Kier molecular flexibility index (Phi) is 7.55. The van der Waals surface area contributed by atoms with Crippen LogP contribution in [0.1, 0.15) is 41.4 Å². The molecule has 186 valence electrons. The first-order valence-corrected chi connectivity index (χ1v) is 11.8. The number of ether oxygens (including phenoxy) is 1. The normalized spacial score (nSPS) is 17.1. The van der Waals surface area contributed by atoms with Crippen LogP contribution in [0.4, 0.5) is 14.9 Å². The molecule has 1 fully saturated rings. The highest BCUT2D eigenvalue weighted by molar-refractivity contribution is 6.30. The van der Waals surface area contributed by atoms with Crippen molar-refractivity contribution < 1.29 is 23.5 Å². The Morgan fingerprint density at radius 3 is 2.53 bits per heavy atom. The molecule has 0 saturated carbocycles. The molecule has 1 heterocycles. The summed E-state index contributed by atoms with van der Waals surface area (Å²) in [5.74, 6) is -1.63. The Bertz CT molecular complexity index is 1300. The zero-order valence-electron chi connectivity index (χ0n) is 19.7. The number of anilines is 1. The quantitative estimate of drug-likeness (QED) is 0.451. The molecule has 2 N–H and O–H groups in total. The Labute approximate surface area is 213 Å². The topological polar surface area (TPSA) is 87.7 Å². The largest absolute Gasteiger partial charge is 0.438 e. The van der Waals surface area contributed by atoms with Gasteiger partial charge >= 0.3 is 6.09 Å². The smallest absolute Gasteiger partial charge is 0.411 e. The number of halogens is 2. The second-order valence-corrected chi connectivity index (χ2v) is 9.17. The number of carbonyl (C=O) groups excluding carboxylic acids is 3. The van der Waals surface area contributed by atoms with Crippen molar-refractivity contribution in [3.05, 3.63) is 100 Å². The van der Waals surface area contributed by atoms with Crippen LogP contribution in [0.2, 0.25) is 5.02 Å². The molecule has 0 aromatic heterocycles. The highest BCUT2D eigenvalue weighted by Gasteiger charge is 2.47. The van der Waals surface area contributed by atoms with Crippen LogP contribution in [0.15, 0.2) is 72.8 Å². The predicted molar refractivity (Wildman–Crippen MR) is 134 cm³/mol. The summed E-state index contributed by atoms with van der Waals surface area (Å²) in [7, 11) is 0. The average molecular weight is 510 g/mol. The van der Waals surface area contributed by atoms with Crippen LogP contribution in [0.25, 0.3) is 0 Å². The summed E-state index contributed by atoms with van der Waals surface area (Å²) in [6, 6.07) is 18.2. The van der Waals surface area contributed by atoms with E-state index in [9.17, 15) is 18.8 Å². The van der Waals surface area contributed by atoms with Crippen LogP contribution in [-0.2, 0) is 16.1 Å². The lowest BCUT2D eigenvalue weighted by Crippen LogP contribution is -2.48. The second-order valence-electron chi connectivity index (χ2n) is 8.73. The molecule has 3 aromatic rings. The maximum absolute atomic E-state index is 14.0. The lowest BCUT2D eigenvalue weighted by Gasteiger charge is -2.25. The van der Waals surface area contributed by atoms with Crippen LogP contribution in [0.5, 0.6) is 0 Å². The molecule has 9 heteroatoms. The van der Waals surface area contributed by atoms with Crippen LogP contribution >= 0.6 is 11.6 Å². The lowest BCUT2D eigenvalue weighted by atomic mass is 9.99. The van der Waals surface area contributed by atoms with Gasteiger partial charge in [-0.25, -0.2) is 9.18 Å². The lowest BCUT2D eigenvalue weighted by molar-refractivity contribution is -0.126. The SMILES string of the molecule is CC(C)NC(=O)[C@H]1[C@@H](c2cccc(NC(=O)c3ccccc3F)c2)OC(=O)N1Cc1cccc(Cl)c1. The maximum atomic E-state index is 14.0. The monoisotopic (exact) mass is 509 g/mol. The van der Waals surface area contributed by atoms with E-state index in [1.807, 2.05) is 19.9 Å². The van der Waals surface area contributed by atoms with Gasteiger partial charge < -0.3 is 15.4 Å². The number of benzene rings is 3. The van der Waals surface area contributed by atoms with E-state index < -0.39 is 30.0 Å². The van der Waals surface area contributed by atoms with Gasteiger partial charge in [0.1, 0.15) is 5.82 Å². The third-order valence-corrected chi connectivity index (χ3v) is 5.85. The van der Waals surface area contributed by atoms with Crippen molar-refractivity contribution in [3.8, 4) is 0 Å². The molecule has 3 amide bonds. The molecule has 1 saturated heterocycles. The van der Waals surface area contributed by atoms with Gasteiger partial charge in [0.05, 0.1) is 12.1 Å². The Morgan fingerprint density at radius 1 is 1.06 bits per heavy atom. The minimum absolute atomic E-state index is 0.0999. The second kappa shape index (κ2) is 10.8. The zero-order chi connectivity index (χ0) is 25.8. The molecular formula is C27H25ClFN3O4. The molecule has 7 nitrogen and oxygen atoms in total. The number of cyclic esters (lactones) is 1. The van der Waals surface area contributed by atoms with E-state index in [1.165, 1.54) is 23.1 Å². The summed E-state index contributed by atoms with van der Waals surface area (Å²) in [4.78, 5) is 40.1. The molecule has 0 bridgehead atoms. The van der Waals surface area contributed by atoms with Crippen molar-refractivity contribution in [2.24, 2.45) is 0 Å². The van der Waals surface area contributed by atoms with Crippen molar-refractivity contribution >= 4 is 35.2 Å². The van der Waals surface area contributed by atoms with Gasteiger partial charge in [0.2, 0.25) is 5.91 Å². The van der Waals surface area contributed by atoms with Crippen LogP contribution < -0.4 is 10.6 Å². The Morgan fingerprint density at radius 2 is 1.81 bits per heavy atom. The molecule has 3 aromatic carbocycles. The summed E-state index contributed by atoms with van der Waals surface area (Å²) in [6.07, 6.45) is -1.58. The first-order valence-electron chi connectivity index (χ1n) is 11.4. The van der Waals surface area contributed by atoms with Gasteiger partial charge in [-0.1, -0.05) is 48.0 Å².